The van der Waals surface area contributed by atoms with Crippen LogP contribution in [0.5, 0.6) is 0 Å². The van der Waals surface area contributed by atoms with Crippen molar-refractivity contribution in [3.05, 3.63) is 34.0 Å². The minimum absolute atomic E-state index is 0.609. The van der Waals surface area contributed by atoms with Gasteiger partial charge in [0.25, 0.3) is 0 Å². The Morgan fingerprint density at radius 3 is 3.16 bits per heavy atom. The Morgan fingerprint density at radius 1 is 1.32 bits per heavy atom. The Morgan fingerprint density at radius 2 is 2.26 bits per heavy atom. The molecular weight excluding hydrogens is 256 g/mol. The van der Waals surface area contributed by atoms with Crippen molar-refractivity contribution < 1.29 is 0 Å². The minimum Gasteiger partial charge on any atom is -0.313 e. The Bertz CT molecular complexity index is 560. The SMILES string of the molecule is c1cc(Cc2nnc3n2CC2CCCC(C3)N2)cs1. The fourth-order valence-corrected chi connectivity index (χ4v) is 3.97. The van der Waals surface area contributed by atoms with Crippen LogP contribution in [0.2, 0.25) is 0 Å². The van der Waals surface area contributed by atoms with Gasteiger partial charge < -0.3 is 9.88 Å². The van der Waals surface area contributed by atoms with E-state index in [0.29, 0.717) is 12.1 Å². The first kappa shape index (κ1) is 11.6. The molecule has 4 rings (SSSR count). The van der Waals surface area contributed by atoms with Crippen LogP contribution in [0.25, 0.3) is 0 Å². The van der Waals surface area contributed by atoms with E-state index in [1.807, 2.05) is 0 Å². The average molecular weight is 274 g/mol. The van der Waals surface area contributed by atoms with Gasteiger partial charge in [-0.3, -0.25) is 0 Å². The molecule has 2 aromatic rings. The van der Waals surface area contributed by atoms with E-state index in [4.69, 9.17) is 0 Å². The first-order valence-corrected chi connectivity index (χ1v) is 8.01. The van der Waals surface area contributed by atoms with Crippen LogP contribution in [0.1, 0.15) is 36.5 Å². The standard InChI is InChI=1S/C14H18N4S/c1-2-11-7-14-17-16-13(6-10-4-5-19-9-10)18(14)8-12(3-1)15-11/h4-5,9,11-12,15H,1-3,6-8H2. The molecule has 0 aromatic carbocycles. The first-order valence-electron chi connectivity index (χ1n) is 7.06. The van der Waals surface area contributed by atoms with Crippen molar-refractivity contribution in [2.45, 2.75) is 50.7 Å². The summed E-state index contributed by atoms with van der Waals surface area (Å²) >= 11 is 1.75. The topological polar surface area (TPSA) is 42.7 Å². The van der Waals surface area contributed by atoms with Crippen LogP contribution >= 0.6 is 11.3 Å². The van der Waals surface area contributed by atoms with Crippen molar-refractivity contribution in [1.82, 2.24) is 20.1 Å². The van der Waals surface area contributed by atoms with Crippen LogP contribution in [0.3, 0.4) is 0 Å². The molecule has 2 aromatic heterocycles. The summed E-state index contributed by atoms with van der Waals surface area (Å²) in [5.41, 5.74) is 1.35. The van der Waals surface area contributed by atoms with Gasteiger partial charge in [0.2, 0.25) is 0 Å². The van der Waals surface area contributed by atoms with Gasteiger partial charge in [0.1, 0.15) is 11.6 Å². The summed E-state index contributed by atoms with van der Waals surface area (Å²) in [5, 5.41) is 16.9. The van der Waals surface area contributed by atoms with Crippen molar-refractivity contribution >= 4 is 11.3 Å². The van der Waals surface area contributed by atoms with Gasteiger partial charge in [-0.2, -0.15) is 11.3 Å². The second-order valence-electron chi connectivity index (χ2n) is 5.65. The lowest BCUT2D eigenvalue weighted by Crippen LogP contribution is -2.43. The molecule has 19 heavy (non-hydrogen) atoms. The second kappa shape index (κ2) is 4.72. The number of nitrogens with zero attached hydrogens (tertiary/aromatic N) is 3. The van der Waals surface area contributed by atoms with Crippen molar-refractivity contribution in [1.29, 1.82) is 0 Å². The molecule has 0 amide bonds. The summed E-state index contributed by atoms with van der Waals surface area (Å²) in [7, 11) is 0. The van der Waals surface area contributed by atoms with E-state index in [1.54, 1.807) is 11.3 Å². The average Bonchev–Trinajstić information content (AvgIpc) is 3.01. The quantitative estimate of drug-likeness (QED) is 0.911. The molecule has 100 valence electrons. The molecule has 0 saturated carbocycles. The molecule has 2 aliphatic rings. The number of aromatic nitrogens is 3. The Labute approximate surface area is 116 Å². The second-order valence-corrected chi connectivity index (χ2v) is 6.43. The van der Waals surface area contributed by atoms with E-state index in [0.717, 1.165) is 25.2 Å². The summed E-state index contributed by atoms with van der Waals surface area (Å²) < 4.78 is 2.36. The Balaban J connectivity index is 1.65. The highest BCUT2D eigenvalue weighted by atomic mass is 32.1. The molecule has 1 N–H and O–H groups in total. The maximum atomic E-state index is 4.43. The monoisotopic (exact) mass is 274 g/mol. The van der Waals surface area contributed by atoms with E-state index in [1.165, 1.54) is 30.7 Å². The van der Waals surface area contributed by atoms with Gasteiger partial charge in [-0.05, 0) is 35.2 Å². The fourth-order valence-electron chi connectivity index (χ4n) is 3.30. The van der Waals surface area contributed by atoms with Crippen LogP contribution in [-0.2, 0) is 19.4 Å². The lowest BCUT2D eigenvalue weighted by atomic mass is 9.98. The third-order valence-electron chi connectivity index (χ3n) is 4.25. The predicted molar refractivity (Wildman–Crippen MR) is 75.4 cm³/mol. The predicted octanol–water partition coefficient (Wildman–Crippen LogP) is 2.00. The van der Waals surface area contributed by atoms with Gasteiger partial charge in [-0.15, -0.1) is 10.2 Å². The van der Waals surface area contributed by atoms with E-state index in [2.05, 4.69) is 36.9 Å². The molecule has 1 saturated heterocycles. The molecule has 2 atom stereocenters. The molecular formula is C14H18N4S. The molecule has 5 heteroatoms. The number of thiophene rings is 1. The zero-order chi connectivity index (χ0) is 12.7. The maximum Gasteiger partial charge on any atom is 0.137 e. The van der Waals surface area contributed by atoms with Crippen molar-refractivity contribution in [3.63, 3.8) is 0 Å². The number of piperidine rings is 1. The van der Waals surface area contributed by atoms with E-state index >= 15 is 0 Å². The summed E-state index contributed by atoms with van der Waals surface area (Å²) in [6.07, 6.45) is 5.86. The van der Waals surface area contributed by atoms with Crippen molar-refractivity contribution in [3.8, 4) is 0 Å². The molecule has 2 bridgehead atoms. The molecule has 0 aliphatic carbocycles. The number of nitrogens with one attached hydrogen (secondary N) is 1. The summed E-state index contributed by atoms with van der Waals surface area (Å²) in [4.78, 5) is 0. The number of hydrogen-bond donors (Lipinski definition) is 1. The Kier molecular flexibility index (Phi) is 2.89. The molecule has 0 spiro atoms. The van der Waals surface area contributed by atoms with E-state index in [-0.39, 0.29) is 0 Å². The molecule has 1 fully saturated rings. The first-order chi connectivity index (χ1) is 9.38. The Hall–Kier alpha value is -1.20. The van der Waals surface area contributed by atoms with Crippen LogP contribution < -0.4 is 5.32 Å². The van der Waals surface area contributed by atoms with Gasteiger partial charge in [-0.25, -0.2) is 0 Å². The number of fused-ring (bicyclic) bond motifs is 3. The molecule has 2 unspecified atom stereocenters. The zero-order valence-electron chi connectivity index (χ0n) is 10.9. The summed E-state index contributed by atoms with van der Waals surface area (Å²) in [6.45, 7) is 1.04. The lowest BCUT2D eigenvalue weighted by molar-refractivity contribution is 0.313. The highest BCUT2D eigenvalue weighted by Gasteiger charge is 2.28. The maximum absolute atomic E-state index is 4.43. The normalized spacial score (nSPS) is 25.9. The lowest BCUT2D eigenvalue weighted by Gasteiger charge is -2.27. The molecule has 4 heterocycles. The zero-order valence-corrected chi connectivity index (χ0v) is 11.7. The van der Waals surface area contributed by atoms with Gasteiger partial charge in [0, 0.05) is 31.5 Å². The summed E-state index contributed by atoms with van der Waals surface area (Å²) in [5.74, 6) is 2.30. The number of hydrogen-bond acceptors (Lipinski definition) is 4. The van der Waals surface area contributed by atoms with Gasteiger partial charge in [0.15, 0.2) is 0 Å². The highest BCUT2D eigenvalue weighted by molar-refractivity contribution is 7.07. The minimum atomic E-state index is 0.609. The highest BCUT2D eigenvalue weighted by Crippen LogP contribution is 2.23. The van der Waals surface area contributed by atoms with Gasteiger partial charge in [0.05, 0.1) is 0 Å². The van der Waals surface area contributed by atoms with Crippen molar-refractivity contribution in [2.75, 3.05) is 0 Å². The van der Waals surface area contributed by atoms with E-state index < -0.39 is 0 Å². The van der Waals surface area contributed by atoms with Gasteiger partial charge in [-0.1, -0.05) is 6.42 Å². The third-order valence-corrected chi connectivity index (χ3v) is 4.99. The molecule has 2 aliphatic heterocycles. The molecule has 0 radical (unpaired) electrons. The van der Waals surface area contributed by atoms with Crippen LogP contribution in [0, 0.1) is 0 Å². The largest absolute Gasteiger partial charge is 0.313 e. The van der Waals surface area contributed by atoms with Gasteiger partial charge >= 0.3 is 0 Å². The van der Waals surface area contributed by atoms with Crippen LogP contribution in [0.15, 0.2) is 16.8 Å². The van der Waals surface area contributed by atoms with Crippen molar-refractivity contribution in [2.24, 2.45) is 0 Å². The fraction of sp³-hybridized carbons (Fsp3) is 0.571. The smallest absolute Gasteiger partial charge is 0.137 e. The third kappa shape index (κ3) is 2.21. The van der Waals surface area contributed by atoms with E-state index in [9.17, 15) is 0 Å². The molecule has 4 nitrogen and oxygen atoms in total. The summed E-state index contributed by atoms with van der Waals surface area (Å²) in [6, 6.07) is 3.40. The van der Waals surface area contributed by atoms with Crippen LogP contribution in [-0.4, -0.2) is 26.8 Å². The number of rotatable bonds is 2. The van der Waals surface area contributed by atoms with Crippen LogP contribution in [0.4, 0.5) is 0 Å².